The lowest BCUT2D eigenvalue weighted by atomic mass is 9.81. The molecule has 3 aromatic heterocycles. The van der Waals surface area contributed by atoms with Gasteiger partial charge in [0.05, 0.1) is 36.7 Å². The highest BCUT2D eigenvalue weighted by molar-refractivity contribution is 6.06. The molecular formula is C45H56N10O5. The molecule has 0 radical (unpaired) electrons. The Labute approximate surface area is 350 Å². The highest BCUT2D eigenvalue weighted by Gasteiger charge is 2.42. The number of carbonyl (C=O) groups is 3. The van der Waals surface area contributed by atoms with Gasteiger partial charge in [-0.25, -0.2) is 15.0 Å². The molecule has 2 N–H and O–H groups in total. The van der Waals surface area contributed by atoms with Crippen LogP contribution in [0.5, 0.6) is 11.6 Å². The quantitative estimate of drug-likeness (QED) is 0.206. The Balaban J connectivity index is 0.673. The second-order valence-corrected chi connectivity index (χ2v) is 18.1. The lowest BCUT2D eigenvalue weighted by molar-refractivity contribution is -0.136. The smallest absolute Gasteiger partial charge is 0.255 e. The van der Waals surface area contributed by atoms with Crippen LogP contribution in [-0.2, 0) is 16.1 Å². The van der Waals surface area contributed by atoms with Crippen LogP contribution in [0.15, 0.2) is 43.0 Å². The van der Waals surface area contributed by atoms with Crippen molar-refractivity contribution in [2.75, 3.05) is 82.4 Å². The number of benzene rings is 1. The summed E-state index contributed by atoms with van der Waals surface area (Å²) >= 11 is 0. The van der Waals surface area contributed by atoms with Crippen molar-refractivity contribution < 1.29 is 23.9 Å². The number of piperazine rings is 2. The third kappa shape index (κ3) is 7.77. The molecule has 2 saturated carbocycles. The first kappa shape index (κ1) is 38.9. The molecule has 316 valence electrons. The number of rotatable bonds is 11. The minimum Gasteiger partial charge on any atom is -0.494 e. The lowest BCUT2D eigenvalue weighted by Crippen LogP contribution is -2.52. The summed E-state index contributed by atoms with van der Waals surface area (Å²) in [4.78, 5) is 66.6. The number of amides is 3. The summed E-state index contributed by atoms with van der Waals surface area (Å²) in [6.45, 7) is 12.6. The standard InChI is InChI=1S/C45H56N10O5/c1-45(11-12-45)60-41-21-32-33(23-46-36(32)24-47-41)35-22-39(49-28-48-35)54-19-15-52(16-20-54)26-30-5-3-29(4-6-30)25-51-13-17-53(18-14-51)37-8-7-31-34(42(37)59-2)27-55(44(31)58)38-9-10-40(56)50-43(38)57/h7-8,21-24,28-30,38,46H,3-6,9-20,25-27H2,1-2H3,(H,50,56,57). The molecular weight excluding hydrogens is 761 g/mol. The molecule has 0 bridgehead atoms. The zero-order chi connectivity index (χ0) is 41.0. The molecule has 6 aliphatic rings. The topological polar surface area (TPSA) is 152 Å². The number of nitrogens with one attached hydrogen (secondary N) is 2. The van der Waals surface area contributed by atoms with Gasteiger partial charge in [0.25, 0.3) is 5.91 Å². The van der Waals surface area contributed by atoms with Crippen LogP contribution in [0.4, 0.5) is 11.5 Å². The average molecular weight is 817 g/mol. The van der Waals surface area contributed by atoms with Crippen LogP contribution in [0.1, 0.15) is 74.2 Å². The molecule has 4 aliphatic heterocycles. The molecule has 15 heteroatoms. The Morgan fingerprint density at radius 2 is 1.52 bits per heavy atom. The number of methoxy groups -OCH3 is 1. The summed E-state index contributed by atoms with van der Waals surface area (Å²) in [5.74, 6) is 3.00. The number of aromatic amines is 1. The van der Waals surface area contributed by atoms with E-state index in [1.165, 1.54) is 32.2 Å². The van der Waals surface area contributed by atoms with E-state index in [1.807, 2.05) is 30.6 Å². The Morgan fingerprint density at radius 1 is 0.817 bits per heavy atom. The first-order valence-corrected chi connectivity index (χ1v) is 22.0. The maximum atomic E-state index is 13.4. The summed E-state index contributed by atoms with van der Waals surface area (Å²) in [5.41, 5.74) is 5.24. The van der Waals surface area contributed by atoms with Crippen molar-refractivity contribution in [3.8, 4) is 22.9 Å². The average Bonchev–Trinajstić information content (AvgIpc) is 3.68. The minimum absolute atomic E-state index is 0.0809. The number of hydrogen-bond acceptors (Lipinski definition) is 12. The van der Waals surface area contributed by atoms with Gasteiger partial charge in [-0.15, -0.1) is 0 Å². The Hall–Kier alpha value is -5.28. The fourth-order valence-electron chi connectivity index (χ4n) is 10.2. The predicted molar refractivity (Wildman–Crippen MR) is 227 cm³/mol. The second-order valence-electron chi connectivity index (χ2n) is 18.1. The minimum atomic E-state index is -0.641. The molecule has 3 saturated heterocycles. The van der Waals surface area contributed by atoms with Gasteiger partial charge >= 0.3 is 0 Å². The maximum absolute atomic E-state index is 13.4. The largest absolute Gasteiger partial charge is 0.494 e. The normalized spacial score (nSPS) is 24.8. The Kier molecular flexibility index (Phi) is 10.3. The molecule has 1 aromatic carbocycles. The SMILES string of the molecule is COc1c(N2CCN(CC3CCC(CN4CCN(c5cc(-c6c[nH]c7cnc(OC8(C)CC8)cc67)ncn5)CC4)CC3)CC2)ccc2c1CN(C1CCC(=O)NC1=O)C2=O. The van der Waals surface area contributed by atoms with Crippen molar-refractivity contribution in [3.05, 3.63) is 54.1 Å². The third-order valence-electron chi connectivity index (χ3n) is 14.0. The predicted octanol–water partition coefficient (Wildman–Crippen LogP) is 4.47. The van der Waals surface area contributed by atoms with Crippen molar-refractivity contribution in [1.29, 1.82) is 0 Å². The summed E-state index contributed by atoms with van der Waals surface area (Å²) < 4.78 is 12.1. The van der Waals surface area contributed by atoms with Crippen molar-refractivity contribution in [2.45, 2.75) is 76.5 Å². The van der Waals surface area contributed by atoms with Crippen LogP contribution in [0, 0.1) is 11.8 Å². The molecule has 4 aromatic rings. The van der Waals surface area contributed by atoms with Crippen molar-refractivity contribution in [1.82, 2.24) is 40.0 Å². The van der Waals surface area contributed by atoms with E-state index in [-0.39, 0.29) is 23.8 Å². The van der Waals surface area contributed by atoms with Crippen molar-refractivity contribution in [3.63, 3.8) is 0 Å². The summed E-state index contributed by atoms with van der Waals surface area (Å²) in [6, 6.07) is 7.39. The van der Waals surface area contributed by atoms with Crippen LogP contribution in [0.2, 0.25) is 0 Å². The van der Waals surface area contributed by atoms with Crippen LogP contribution in [0.3, 0.4) is 0 Å². The van der Waals surface area contributed by atoms with Gasteiger partial charge in [-0.2, -0.15) is 0 Å². The van der Waals surface area contributed by atoms with E-state index in [4.69, 9.17) is 14.5 Å². The molecule has 15 nitrogen and oxygen atoms in total. The number of imide groups is 1. The first-order chi connectivity index (χ1) is 29.2. The summed E-state index contributed by atoms with van der Waals surface area (Å²) in [7, 11) is 1.66. The molecule has 2 aliphatic carbocycles. The van der Waals surface area contributed by atoms with Gasteiger partial charge in [0.2, 0.25) is 17.7 Å². The highest BCUT2D eigenvalue weighted by atomic mass is 16.5. The van der Waals surface area contributed by atoms with Crippen LogP contribution in [-0.4, -0.2) is 137 Å². The number of anilines is 2. The van der Waals surface area contributed by atoms with E-state index >= 15 is 0 Å². The zero-order valence-corrected chi connectivity index (χ0v) is 34.8. The monoisotopic (exact) mass is 816 g/mol. The van der Waals surface area contributed by atoms with E-state index in [2.05, 4.69) is 52.9 Å². The van der Waals surface area contributed by atoms with Gasteiger partial charge in [0.1, 0.15) is 29.5 Å². The van der Waals surface area contributed by atoms with E-state index < -0.39 is 11.9 Å². The number of ether oxygens (including phenoxy) is 2. The van der Waals surface area contributed by atoms with Crippen LogP contribution < -0.4 is 24.6 Å². The maximum Gasteiger partial charge on any atom is 0.255 e. The van der Waals surface area contributed by atoms with Gasteiger partial charge < -0.3 is 29.2 Å². The number of H-pyrrole nitrogens is 1. The Bertz CT molecular complexity index is 2270. The van der Waals surface area contributed by atoms with Crippen molar-refractivity contribution in [2.24, 2.45) is 11.8 Å². The number of nitrogens with zero attached hydrogens (tertiary/aromatic N) is 8. The molecule has 3 amide bonds. The number of piperidine rings is 1. The van der Waals surface area contributed by atoms with E-state index in [0.29, 0.717) is 24.4 Å². The molecule has 5 fully saturated rings. The number of aromatic nitrogens is 4. The van der Waals surface area contributed by atoms with Crippen LogP contribution in [0.25, 0.3) is 22.2 Å². The molecule has 7 heterocycles. The van der Waals surface area contributed by atoms with Gasteiger partial charge in [-0.1, -0.05) is 0 Å². The molecule has 10 rings (SSSR count). The van der Waals surface area contributed by atoms with Crippen LogP contribution >= 0.6 is 0 Å². The molecule has 1 atom stereocenters. The van der Waals surface area contributed by atoms with Crippen molar-refractivity contribution >= 4 is 40.1 Å². The highest BCUT2D eigenvalue weighted by Crippen LogP contribution is 2.42. The fourth-order valence-corrected chi connectivity index (χ4v) is 10.2. The number of fused-ring (bicyclic) bond motifs is 2. The summed E-state index contributed by atoms with van der Waals surface area (Å²) in [6.07, 6.45) is 13.4. The number of hydrogen-bond donors (Lipinski definition) is 2. The molecule has 1 unspecified atom stereocenters. The van der Waals surface area contributed by atoms with E-state index in [9.17, 15) is 14.4 Å². The van der Waals surface area contributed by atoms with E-state index in [1.54, 1.807) is 18.3 Å². The van der Waals surface area contributed by atoms with E-state index in [0.717, 1.165) is 129 Å². The second kappa shape index (κ2) is 16.0. The third-order valence-corrected chi connectivity index (χ3v) is 14.0. The van der Waals surface area contributed by atoms with Gasteiger partial charge in [0.15, 0.2) is 0 Å². The Morgan fingerprint density at radius 3 is 2.18 bits per heavy atom. The first-order valence-electron chi connectivity index (χ1n) is 22.0. The number of pyridine rings is 1. The molecule has 60 heavy (non-hydrogen) atoms. The van der Waals surface area contributed by atoms with Gasteiger partial charge in [-0.05, 0) is 75.8 Å². The summed E-state index contributed by atoms with van der Waals surface area (Å²) in [5, 5.41) is 3.45. The lowest BCUT2D eigenvalue weighted by Gasteiger charge is -2.41. The van der Waals surface area contributed by atoms with Gasteiger partial charge in [0, 0.05) is 112 Å². The van der Waals surface area contributed by atoms with Gasteiger partial charge in [-0.3, -0.25) is 29.5 Å². The zero-order valence-electron chi connectivity index (χ0n) is 34.8. The fraction of sp³-hybridized carbons (Fsp3) is 0.556. The molecule has 0 spiro atoms. The number of carbonyl (C=O) groups excluding carboxylic acids is 3.